The topological polar surface area (TPSA) is 111 Å². The first-order valence-corrected chi connectivity index (χ1v) is 9.63. The highest BCUT2D eigenvalue weighted by Gasteiger charge is 2.34. The monoisotopic (exact) mass is 402 g/mol. The minimum absolute atomic E-state index is 0.0535. The van der Waals surface area contributed by atoms with Gasteiger partial charge in [-0.05, 0) is 38.1 Å². The number of carbonyl (C=O) groups is 3. The second-order valence-electron chi connectivity index (χ2n) is 7.00. The Bertz CT molecular complexity index is 817. The third-order valence-corrected chi connectivity index (χ3v) is 4.98. The van der Waals surface area contributed by atoms with E-state index in [2.05, 4.69) is 15.5 Å². The number of hydrogen-bond donors (Lipinski definition) is 3. The minimum atomic E-state index is -0.614. The molecule has 0 bridgehead atoms. The van der Waals surface area contributed by atoms with Gasteiger partial charge >= 0.3 is 5.97 Å². The van der Waals surface area contributed by atoms with E-state index in [9.17, 15) is 14.4 Å². The number of carbonyl (C=O) groups excluding carboxylic acids is 3. The van der Waals surface area contributed by atoms with Gasteiger partial charge in [-0.1, -0.05) is 12.1 Å². The van der Waals surface area contributed by atoms with Crippen LogP contribution in [0.4, 0.5) is 11.4 Å². The Morgan fingerprint density at radius 2 is 1.86 bits per heavy atom. The predicted octanol–water partition coefficient (Wildman–Crippen LogP) is 0.394. The van der Waals surface area contributed by atoms with Gasteiger partial charge in [-0.25, -0.2) is 4.79 Å². The second kappa shape index (κ2) is 9.53. The maximum Gasteiger partial charge on any atom is 0.337 e. The highest BCUT2D eigenvalue weighted by molar-refractivity contribution is 6.09. The van der Waals surface area contributed by atoms with Gasteiger partial charge in [-0.3, -0.25) is 14.5 Å². The predicted molar refractivity (Wildman–Crippen MR) is 107 cm³/mol. The first kappa shape index (κ1) is 20.8. The lowest BCUT2D eigenvalue weighted by atomic mass is 10.2. The molecule has 1 aromatic carbocycles. The van der Waals surface area contributed by atoms with Crippen LogP contribution in [0.2, 0.25) is 0 Å². The molecular formula is C20H26N4O5. The van der Waals surface area contributed by atoms with Crippen molar-refractivity contribution >= 4 is 29.2 Å². The van der Waals surface area contributed by atoms with Crippen molar-refractivity contribution in [1.82, 2.24) is 9.80 Å². The number of esters is 1. The molecule has 29 heavy (non-hydrogen) atoms. The summed E-state index contributed by atoms with van der Waals surface area (Å²) < 4.78 is 4.79. The molecule has 2 heterocycles. The maximum atomic E-state index is 12.7. The molecule has 0 aromatic heterocycles. The summed E-state index contributed by atoms with van der Waals surface area (Å²) in [4.78, 5) is 40.7. The minimum Gasteiger partial charge on any atom is -0.466 e. The third kappa shape index (κ3) is 4.93. The van der Waals surface area contributed by atoms with Crippen molar-refractivity contribution in [2.75, 3.05) is 57.1 Å². The number of aliphatic hydroxyl groups is 1. The van der Waals surface area contributed by atoms with E-state index in [1.54, 1.807) is 24.3 Å². The first-order chi connectivity index (χ1) is 14.0. The molecule has 3 N–H and O–H groups in total. The Labute approximate surface area is 169 Å². The van der Waals surface area contributed by atoms with E-state index in [1.807, 2.05) is 0 Å². The van der Waals surface area contributed by atoms with E-state index >= 15 is 0 Å². The SMILES string of the molecule is COC(=O)C1=C(Nc2ccccc2NC(=O)CN2CCCC2)C(=O)N(CCO)C1. The Balaban J connectivity index is 1.78. The number of likely N-dealkylation sites (tertiary alicyclic amines) is 1. The van der Waals surface area contributed by atoms with Crippen LogP contribution in [0, 0.1) is 0 Å². The van der Waals surface area contributed by atoms with Crippen LogP contribution in [0.3, 0.4) is 0 Å². The molecule has 1 saturated heterocycles. The van der Waals surface area contributed by atoms with E-state index in [-0.39, 0.29) is 36.9 Å². The van der Waals surface area contributed by atoms with Crippen LogP contribution in [-0.4, -0.2) is 79.1 Å². The molecule has 0 spiro atoms. The highest BCUT2D eigenvalue weighted by atomic mass is 16.5. The second-order valence-corrected chi connectivity index (χ2v) is 7.00. The van der Waals surface area contributed by atoms with E-state index in [1.165, 1.54) is 12.0 Å². The van der Waals surface area contributed by atoms with Gasteiger partial charge in [0.2, 0.25) is 5.91 Å². The number of benzene rings is 1. The van der Waals surface area contributed by atoms with Crippen LogP contribution < -0.4 is 10.6 Å². The van der Waals surface area contributed by atoms with Gasteiger partial charge in [0.25, 0.3) is 5.91 Å². The van der Waals surface area contributed by atoms with Crippen molar-refractivity contribution in [1.29, 1.82) is 0 Å². The van der Waals surface area contributed by atoms with E-state index < -0.39 is 11.9 Å². The van der Waals surface area contributed by atoms with Gasteiger partial charge in [0.05, 0.1) is 43.8 Å². The molecule has 0 aliphatic carbocycles. The van der Waals surface area contributed by atoms with Crippen molar-refractivity contribution in [3.05, 3.63) is 35.5 Å². The van der Waals surface area contributed by atoms with Crippen molar-refractivity contribution in [3.63, 3.8) is 0 Å². The van der Waals surface area contributed by atoms with Crippen LogP contribution in [0.15, 0.2) is 35.5 Å². The molecule has 2 amide bonds. The molecule has 0 atom stereocenters. The fourth-order valence-electron chi connectivity index (χ4n) is 3.52. The van der Waals surface area contributed by atoms with Crippen molar-refractivity contribution in [2.24, 2.45) is 0 Å². The van der Waals surface area contributed by atoms with Crippen molar-refractivity contribution in [3.8, 4) is 0 Å². The number of para-hydroxylation sites is 2. The number of ether oxygens (including phenoxy) is 1. The smallest absolute Gasteiger partial charge is 0.337 e. The zero-order valence-electron chi connectivity index (χ0n) is 16.4. The molecule has 1 fully saturated rings. The number of methoxy groups -OCH3 is 1. The third-order valence-electron chi connectivity index (χ3n) is 4.98. The number of aliphatic hydroxyl groups excluding tert-OH is 1. The molecule has 3 rings (SSSR count). The summed E-state index contributed by atoms with van der Waals surface area (Å²) in [5, 5.41) is 15.0. The highest BCUT2D eigenvalue weighted by Crippen LogP contribution is 2.27. The Hall–Kier alpha value is -2.91. The number of β-amino-alcohol motifs (C(OH)–C–C–N with tert-alkyl or cyclic N) is 1. The molecule has 0 saturated carbocycles. The molecule has 2 aliphatic rings. The summed E-state index contributed by atoms with van der Waals surface area (Å²) in [7, 11) is 1.25. The summed E-state index contributed by atoms with van der Waals surface area (Å²) in [6, 6.07) is 6.99. The summed E-state index contributed by atoms with van der Waals surface area (Å²) >= 11 is 0. The lowest BCUT2D eigenvalue weighted by Crippen LogP contribution is -2.32. The van der Waals surface area contributed by atoms with Crippen LogP contribution in [-0.2, 0) is 19.1 Å². The van der Waals surface area contributed by atoms with Crippen molar-refractivity contribution < 1.29 is 24.2 Å². The van der Waals surface area contributed by atoms with Gasteiger partial charge in [-0.2, -0.15) is 0 Å². The molecule has 0 radical (unpaired) electrons. The lowest BCUT2D eigenvalue weighted by Gasteiger charge is -2.18. The van der Waals surface area contributed by atoms with E-state index in [4.69, 9.17) is 9.84 Å². The van der Waals surface area contributed by atoms with Crippen molar-refractivity contribution in [2.45, 2.75) is 12.8 Å². The van der Waals surface area contributed by atoms with Gasteiger partial charge < -0.3 is 25.4 Å². The quantitative estimate of drug-likeness (QED) is 0.540. The van der Waals surface area contributed by atoms with Crippen LogP contribution >= 0.6 is 0 Å². The Kier molecular flexibility index (Phi) is 6.84. The molecule has 156 valence electrons. The van der Waals surface area contributed by atoms with Crippen LogP contribution in [0.25, 0.3) is 0 Å². The molecule has 0 unspecified atom stereocenters. The Morgan fingerprint density at radius 1 is 1.17 bits per heavy atom. The molecule has 1 aromatic rings. The lowest BCUT2D eigenvalue weighted by molar-refractivity contribution is -0.136. The average Bonchev–Trinajstić information content (AvgIpc) is 3.32. The van der Waals surface area contributed by atoms with E-state index in [0.29, 0.717) is 17.9 Å². The normalized spacial score (nSPS) is 17.0. The largest absolute Gasteiger partial charge is 0.466 e. The zero-order chi connectivity index (χ0) is 20.8. The zero-order valence-corrected chi connectivity index (χ0v) is 16.4. The summed E-state index contributed by atoms with van der Waals surface area (Å²) in [5.41, 5.74) is 1.29. The van der Waals surface area contributed by atoms with Gasteiger partial charge in [0.15, 0.2) is 0 Å². The van der Waals surface area contributed by atoms with Gasteiger partial charge in [0.1, 0.15) is 5.70 Å². The maximum absolute atomic E-state index is 12.7. The van der Waals surface area contributed by atoms with Crippen LogP contribution in [0.1, 0.15) is 12.8 Å². The summed E-state index contributed by atoms with van der Waals surface area (Å²) in [6.07, 6.45) is 2.20. The number of amides is 2. The van der Waals surface area contributed by atoms with Crippen LogP contribution in [0.5, 0.6) is 0 Å². The number of hydrogen-bond acceptors (Lipinski definition) is 7. The number of nitrogens with zero attached hydrogens (tertiary/aromatic N) is 2. The molecular weight excluding hydrogens is 376 g/mol. The average molecular weight is 402 g/mol. The van der Waals surface area contributed by atoms with Gasteiger partial charge in [-0.15, -0.1) is 0 Å². The Morgan fingerprint density at radius 3 is 2.52 bits per heavy atom. The number of rotatable bonds is 8. The standard InChI is InChI=1S/C20H26N4O5/c1-29-20(28)14-12-24(10-11-25)19(27)18(14)22-16-7-3-2-6-15(16)21-17(26)13-23-8-4-5-9-23/h2-3,6-7,22,25H,4-5,8-13H2,1H3,(H,21,26). The first-order valence-electron chi connectivity index (χ1n) is 9.63. The van der Waals surface area contributed by atoms with E-state index in [0.717, 1.165) is 25.9 Å². The summed E-state index contributed by atoms with van der Waals surface area (Å²) in [5.74, 6) is -1.16. The van der Waals surface area contributed by atoms with Gasteiger partial charge in [0, 0.05) is 6.54 Å². The molecule has 2 aliphatic heterocycles. The molecule has 9 heteroatoms. The summed E-state index contributed by atoms with van der Waals surface area (Å²) in [6.45, 7) is 2.09. The number of anilines is 2. The fourth-order valence-corrected chi connectivity index (χ4v) is 3.52. The number of nitrogens with one attached hydrogen (secondary N) is 2. The molecule has 9 nitrogen and oxygen atoms in total. The fraction of sp³-hybridized carbons (Fsp3) is 0.450.